The summed E-state index contributed by atoms with van der Waals surface area (Å²) in [5, 5.41) is 20.3. The first-order chi connectivity index (χ1) is 10.1. The SMILES string of the molecule is N#Cc1ccc(NC(=O)CN(CC(=O)O)CC2CC2)cc1. The average Bonchev–Trinajstić information content (AvgIpc) is 3.22. The molecule has 1 fully saturated rings. The summed E-state index contributed by atoms with van der Waals surface area (Å²) in [5.74, 6) is -0.657. The molecule has 1 aromatic rings. The Bertz CT molecular complexity index is 559. The van der Waals surface area contributed by atoms with Gasteiger partial charge in [0.2, 0.25) is 5.91 Å². The summed E-state index contributed by atoms with van der Waals surface area (Å²) >= 11 is 0. The number of rotatable bonds is 7. The fourth-order valence-corrected chi connectivity index (χ4v) is 2.07. The average molecular weight is 287 g/mol. The summed E-state index contributed by atoms with van der Waals surface area (Å²) in [6.45, 7) is 0.577. The van der Waals surface area contributed by atoms with Gasteiger partial charge < -0.3 is 10.4 Å². The molecule has 21 heavy (non-hydrogen) atoms. The lowest BCUT2D eigenvalue weighted by Crippen LogP contribution is -2.38. The standard InChI is InChI=1S/C15H17N3O3/c16-7-11-3-5-13(6-4-11)17-14(19)9-18(10-15(20)21)8-12-1-2-12/h3-6,12H,1-2,8-10H2,(H,17,19)(H,20,21). The molecule has 0 spiro atoms. The normalized spacial score (nSPS) is 13.7. The van der Waals surface area contributed by atoms with Crippen LogP contribution in [0.2, 0.25) is 0 Å². The van der Waals surface area contributed by atoms with Gasteiger partial charge in [0.1, 0.15) is 0 Å². The number of nitriles is 1. The number of carbonyl (C=O) groups excluding carboxylic acids is 1. The molecule has 0 saturated heterocycles. The van der Waals surface area contributed by atoms with Crippen LogP contribution in [0.15, 0.2) is 24.3 Å². The third kappa shape index (κ3) is 5.24. The van der Waals surface area contributed by atoms with E-state index in [1.807, 2.05) is 6.07 Å². The molecule has 0 heterocycles. The van der Waals surface area contributed by atoms with Gasteiger partial charge in [0.15, 0.2) is 0 Å². The fourth-order valence-electron chi connectivity index (χ4n) is 2.07. The van der Waals surface area contributed by atoms with Gasteiger partial charge in [-0.25, -0.2) is 0 Å². The van der Waals surface area contributed by atoms with Crippen LogP contribution in [0.5, 0.6) is 0 Å². The molecule has 110 valence electrons. The van der Waals surface area contributed by atoms with Crippen molar-refractivity contribution in [2.45, 2.75) is 12.8 Å². The van der Waals surface area contributed by atoms with Gasteiger partial charge in [-0.1, -0.05) is 0 Å². The number of anilines is 1. The molecule has 1 saturated carbocycles. The van der Waals surface area contributed by atoms with Crippen LogP contribution in [0.25, 0.3) is 0 Å². The lowest BCUT2D eigenvalue weighted by Gasteiger charge is -2.19. The minimum absolute atomic E-state index is 0.0583. The van der Waals surface area contributed by atoms with Crippen molar-refractivity contribution in [3.8, 4) is 6.07 Å². The maximum atomic E-state index is 12.0. The van der Waals surface area contributed by atoms with Crippen molar-refractivity contribution in [1.82, 2.24) is 4.90 Å². The summed E-state index contributed by atoms with van der Waals surface area (Å²) in [7, 11) is 0. The summed E-state index contributed by atoms with van der Waals surface area (Å²) in [6, 6.07) is 8.55. The van der Waals surface area contributed by atoms with Crippen molar-refractivity contribution in [2.75, 3.05) is 25.0 Å². The van der Waals surface area contributed by atoms with Crippen molar-refractivity contribution < 1.29 is 14.7 Å². The van der Waals surface area contributed by atoms with Crippen LogP contribution < -0.4 is 5.32 Å². The third-order valence-electron chi connectivity index (χ3n) is 3.24. The maximum absolute atomic E-state index is 12.0. The van der Waals surface area contributed by atoms with E-state index in [1.54, 1.807) is 29.2 Å². The second kappa shape index (κ2) is 6.86. The van der Waals surface area contributed by atoms with Gasteiger partial charge in [-0.15, -0.1) is 0 Å². The quantitative estimate of drug-likeness (QED) is 0.788. The van der Waals surface area contributed by atoms with E-state index in [1.165, 1.54) is 0 Å². The van der Waals surface area contributed by atoms with Gasteiger partial charge in [0, 0.05) is 12.2 Å². The highest BCUT2D eigenvalue weighted by atomic mass is 16.4. The minimum Gasteiger partial charge on any atom is -0.480 e. The molecule has 0 bridgehead atoms. The lowest BCUT2D eigenvalue weighted by molar-refractivity contribution is -0.138. The second-order valence-electron chi connectivity index (χ2n) is 5.24. The highest BCUT2D eigenvalue weighted by Gasteiger charge is 2.26. The summed E-state index contributed by atoms with van der Waals surface area (Å²) in [4.78, 5) is 24.4. The number of nitrogens with zero attached hydrogens (tertiary/aromatic N) is 2. The van der Waals surface area contributed by atoms with E-state index in [-0.39, 0.29) is 19.0 Å². The van der Waals surface area contributed by atoms with Crippen LogP contribution >= 0.6 is 0 Å². The Morgan fingerprint density at radius 3 is 2.48 bits per heavy atom. The Hall–Kier alpha value is -2.39. The number of carbonyl (C=O) groups is 2. The van der Waals surface area contributed by atoms with Gasteiger partial charge in [-0.05, 0) is 43.0 Å². The van der Waals surface area contributed by atoms with Crippen LogP contribution in [0.1, 0.15) is 18.4 Å². The molecule has 0 radical (unpaired) electrons. The Balaban J connectivity index is 1.88. The van der Waals surface area contributed by atoms with E-state index in [4.69, 9.17) is 10.4 Å². The number of carboxylic acids is 1. The summed E-state index contributed by atoms with van der Waals surface area (Å²) in [5.41, 5.74) is 1.12. The smallest absolute Gasteiger partial charge is 0.317 e. The van der Waals surface area contributed by atoms with Gasteiger partial charge in [0.05, 0.1) is 24.7 Å². The molecule has 1 aliphatic rings. The van der Waals surface area contributed by atoms with Crippen molar-refractivity contribution in [1.29, 1.82) is 5.26 Å². The molecule has 0 aliphatic heterocycles. The van der Waals surface area contributed by atoms with Gasteiger partial charge in [-0.3, -0.25) is 14.5 Å². The highest BCUT2D eigenvalue weighted by molar-refractivity contribution is 5.92. The molecular formula is C15H17N3O3. The zero-order chi connectivity index (χ0) is 15.2. The summed E-state index contributed by atoms with van der Waals surface area (Å²) < 4.78 is 0. The molecule has 2 rings (SSSR count). The van der Waals surface area contributed by atoms with Crippen LogP contribution in [0.4, 0.5) is 5.69 Å². The lowest BCUT2D eigenvalue weighted by atomic mass is 10.2. The van der Waals surface area contributed by atoms with Crippen molar-refractivity contribution in [3.63, 3.8) is 0 Å². The van der Waals surface area contributed by atoms with E-state index in [0.717, 1.165) is 12.8 Å². The molecule has 0 unspecified atom stereocenters. The number of benzene rings is 1. The molecule has 1 amide bonds. The molecule has 6 heteroatoms. The second-order valence-corrected chi connectivity index (χ2v) is 5.24. The molecule has 1 aliphatic carbocycles. The number of amides is 1. The van der Waals surface area contributed by atoms with E-state index >= 15 is 0 Å². The third-order valence-corrected chi connectivity index (χ3v) is 3.24. The number of nitrogens with one attached hydrogen (secondary N) is 1. The largest absolute Gasteiger partial charge is 0.480 e. The van der Waals surface area contributed by atoms with Crippen LogP contribution in [-0.4, -0.2) is 41.5 Å². The summed E-state index contributed by atoms with van der Waals surface area (Å²) in [6.07, 6.45) is 2.21. The molecule has 2 N–H and O–H groups in total. The topological polar surface area (TPSA) is 93.4 Å². The molecule has 6 nitrogen and oxygen atoms in total. The Labute approximate surface area is 123 Å². The monoisotopic (exact) mass is 287 g/mol. The van der Waals surface area contributed by atoms with Gasteiger partial charge in [0.25, 0.3) is 0 Å². The van der Waals surface area contributed by atoms with E-state index in [2.05, 4.69) is 5.32 Å². The number of carboxylic acid groups (broad SMARTS) is 1. The first-order valence-electron chi connectivity index (χ1n) is 6.81. The number of aliphatic carboxylic acids is 1. The van der Waals surface area contributed by atoms with Crippen LogP contribution in [0, 0.1) is 17.2 Å². The van der Waals surface area contributed by atoms with Crippen molar-refractivity contribution in [2.24, 2.45) is 5.92 Å². The molecule has 1 aromatic carbocycles. The molecule has 0 atom stereocenters. The molecular weight excluding hydrogens is 270 g/mol. The first-order valence-corrected chi connectivity index (χ1v) is 6.81. The zero-order valence-corrected chi connectivity index (χ0v) is 11.6. The Morgan fingerprint density at radius 2 is 1.95 bits per heavy atom. The highest BCUT2D eigenvalue weighted by Crippen LogP contribution is 2.29. The Morgan fingerprint density at radius 1 is 1.29 bits per heavy atom. The molecule has 0 aromatic heterocycles. The van der Waals surface area contributed by atoms with Gasteiger partial charge in [-0.2, -0.15) is 5.26 Å². The number of hydrogen-bond acceptors (Lipinski definition) is 4. The Kier molecular flexibility index (Phi) is 4.90. The van der Waals surface area contributed by atoms with Crippen LogP contribution in [0.3, 0.4) is 0 Å². The van der Waals surface area contributed by atoms with E-state index in [0.29, 0.717) is 23.7 Å². The predicted octanol–water partition coefficient (Wildman–Crippen LogP) is 1.29. The minimum atomic E-state index is -0.929. The van der Waals surface area contributed by atoms with Crippen molar-refractivity contribution >= 4 is 17.6 Å². The zero-order valence-electron chi connectivity index (χ0n) is 11.6. The van der Waals surface area contributed by atoms with E-state index < -0.39 is 5.97 Å². The first kappa shape index (κ1) is 15.0. The fraction of sp³-hybridized carbons (Fsp3) is 0.400. The van der Waals surface area contributed by atoms with Gasteiger partial charge >= 0.3 is 5.97 Å². The predicted molar refractivity (Wildman–Crippen MR) is 76.6 cm³/mol. The van der Waals surface area contributed by atoms with E-state index in [9.17, 15) is 9.59 Å². The maximum Gasteiger partial charge on any atom is 0.317 e. The van der Waals surface area contributed by atoms with Crippen molar-refractivity contribution in [3.05, 3.63) is 29.8 Å². The van der Waals surface area contributed by atoms with Crippen LogP contribution in [-0.2, 0) is 9.59 Å². The number of hydrogen-bond donors (Lipinski definition) is 2.